The molecule has 0 bridgehead atoms. The first-order chi connectivity index (χ1) is 9.20. The Labute approximate surface area is 117 Å². The molecule has 0 amide bonds. The molecule has 1 aliphatic rings. The van der Waals surface area contributed by atoms with Gasteiger partial charge in [0.2, 0.25) is 0 Å². The van der Waals surface area contributed by atoms with Gasteiger partial charge in [0.1, 0.15) is 0 Å². The van der Waals surface area contributed by atoms with Gasteiger partial charge in [0.25, 0.3) is 0 Å². The van der Waals surface area contributed by atoms with E-state index >= 15 is 0 Å². The number of piperidine rings is 1. The second-order valence-corrected chi connectivity index (χ2v) is 5.86. The minimum absolute atomic E-state index is 0.667. The topological polar surface area (TPSA) is 33.1 Å². The van der Waals surface area contributed by atoms with Crippen molar-refractivity contribution in [3.63, 3.8) is 0 Å². The Morgan fingerprint density at radius 1 is 1.37 bits per heavy atom. The molecule has 1 fully saturated rings. The maximum atomic E-state index is 4.25. The Hall–Kier alpha value is -0.870. The van der Waals surface area contributed by atoms with Gasteiger partial charge in [-0.15, -0.1) is 0 Å². The lowest BCUT2D eigenvalue weighted by Gasteiger charge is -2.35. The van der Waals surface area contributed by atoms with E-state index in [1.54, 1.807) is 0 Å². The fourth-order valence-corrected chi connectivity index (χ4v) is 2.81. The van der Waals surface area contributed by atoms with Gasteiger partial charge in [-0.1, -0.05) is 6.92 Å². The maximum Gasteiger partial charge on any atom is 0.0948 e. The summed E-state index contributed by atoms with van der Waals surface area (Å²) in [5.41, 5.74) is 1.31. The van der Waals surface area contributed by atoms with Crippen molar-refractivity contribution in [2.24, 2.45) is 0 Å². The van der Waals surface area contributed by atoms with E-state index in [4.69, 9.17) is 0 Å². The molecule has 19 heavy (non-hydrogen) atoms. The minimum atomic E-state index is 0.667. The molecule has 0 saturated carbocycles. The second-order valence-electron chi connectivity index (χ2n) is 5.86. The zero-order valence-corrected chi connectivity index (χ0v) is 12.6. The highest BCUT2D eigenvalue weighted by molar-refractivity contribution is 4.98. The predicted octanol–water partition coefficient (Wildman–Crippen LogP) is 2.26. The van der Waals surface area contributed by atoms with Gasteiger partial charge in [-0.05, 0) is 46.2 Å². The summed E-state index contributed by atoms with van der Waals surface area (Å²) in [6, 6.07) is 1.35. The third-order valence-corrected chi connectivity index (χ3v) is 4.09. The van der Waals surface area contributed by atoms with E-state index in [1.165, 1.54) is 31.6 Å². The smallest absolute Gasteiger partial charge is 0.0948 e. The number of likely N-dealkylation sites (tertiary alicyclic amines) is 1. The Kier molecular flexibility index (Phi) is 5.40. The molecule has 4 heteroatoms. The van der Waals surface area contributed by atoms with Gasteiger partial charge >= 0.3 is 0 Å². The molecule has 0 atom stereocenters. The molecule has 2 rings (SSSR count). The van der Waals surface area contributed by atoms with Crippen LogP contribution < -0.4 is 5.32 Å². The van der Waals surface area contributed by atoms with Crippen molar-refractivity contribution in [1.82, 2.24) is 19.8 Å². The molecule has 1 aromatic rings. The van der Waals surface area contributed by atoms with Crippen molar-refractivity contribution >= 4 is 0 Å². The van der Waals surface area contributed by atoms with Gasteiger partial charge in [-0.3, -0.25) is 0 Å². The Morgan fingerprint density at radius 3 is 2.74 bits per heavy atom. The molecular formula is C15H28N4. The van der Waals surface area contributed by atoms with Crippen LogP contribution in [0.4, 0.5) is 0 Å². The van der Waals surface area contributed by atoms with Crippen molar-refractivity contribution in [2.45, 2.75) is 65.2 Å². The number of aryl methyl sites for hydroxylation is 1. The Bertz CT molecular complexity index is 364. The van der Waals surface area contributed by atoms with E-state index < -0.39 is 0 Å². The highest BCUT2D eigenvalue weighted by Crippen LogP contribution is 2.13. The molecule has 0 radical (unpaired) electrons. The summed E-state index contributed by atoms with van der Waals surface area (Å²) in [5.74, 6) is 0. The fraction of sp³-hybridized carbons (Fsp3) is 0.800. The highest BCUT2D eigenvalue weighted by Gasteiger charge is 2.20. The average Bonchev–Trinajstić information content (AvgIpc) is 2.85. The van der Waals surface area contributed by atoms with Crippen LogP contribution in [0.5, 0.6) is 0 Å². The van der Waals surface area contributed by atoms with Crippen LogP contribution in [0, 0.1) is 0 Å². The lowest BCUT2D eigenvalue weighted by molar-refractivity contribution is 0.160. The van der Waals surface area contributed by atoms with E-state index in [-0.39, 0.29) is 0 Å². The number of hydrogen-bond acceptors (Lipinski definition) is 3. The van der Waals surface area contributed by atoms with Gasteiger partial charge in [-0.25, -0.2) is 4.98 Å². The first-order valence-corrected chi connectivity index (χ1v) is 7.67. The third kappa shape index (κ3) is 4.05. The molecule has 1 saturated heterocycles. The zero-order valence-electron chi connectivity index (χ0n) is 12.6. The van der Waals surface area contributed by atoms with Crippen LogP contribution in [0.3, 0.4) is 0 Å². The number of aromatic nitrogens is 2. The number of rotatable bonds is 6. The van der Waals surface area contributed by atoms with E-state index in [0.717, 1.165) is 19.5 Å². The Balaban J connectivity index is 1.76. The van der Waals surface area contributed by atoms with Gasteiger partial charge in [-0.2, -0.15) is 0 Å². The summed E-state index contributed by atoms with van der Waals surface area (Å²) in [4.78, 5) is 6.82. The predicted molar refractivity (Wildman–Crippen MR) is 79.1 cm³/mol. The van der Waals surface area contributed by atoms with Crippen molar-refractivity contribution in [3.8, 4) is 0 Å². The first kappa shape index (κ1) is 14.5. The van der Waals surface area contributed by atoms with Crippen molar-refractivity contribution in [3.05, 3.63) is 18.2 Å². The Morgan fingerprint density at radius 2 is 2.11 bits per heavy atom. The quantitative estimate of drug-likeness (QED) is 0.855. The molecule has 1 aliphatic heterocycles. The molecule has 0 spiro atoms. The van der Waals surface area contributed by atoms with Crippen molar-refractivity contribution < 1.29 is 0 Å². The molecule has 4 nitrogen and oxygen atoms in total. The number of nitrogens with zero attached hydrogens (tertiary/aromatic N) is 3. The normalized spacial score (nSPS) is 18.3. The van der Waals surface area contributed by atoms with E-state index in [9.17, 15) is 0 Å². The van der Waals surface area contributed by atoms with E-state index in [0.29, 0.717) is 12.1 Å². The summed E-state index contributed by atoms with van der Waals surface area (Å²) >= 11 is 0. The average molecular weight is 264 g/mol. The lowest BCUT2D eigenvalue weighted by atomic mass is 10.0. The van der Waals surface area contributed by atoms with Crippen LogP contribution in [0.2, 0.25) is 0 Å². The summed E-state index contributed by atoms with van der Waals surface area (Å²) < 4.78 is 2.26. The maximum absolute atomic E-state index is 4.25. The standard InChI is InChI=1S/C15H28N4/c1-4-7-19-12-16-10-15(19)11-17-14-5-8-18(9-6-14)13(2)3/h10,12-14,17H,4-9,11H2,1-3H3. The second kappa shape index (κ2) is 7.06. The molecule has 1 aromatic heterocycles. The molecule has 0 unspecified atom stereocenters. The van der Waals surface area contributed by atoms with Crippen molar-refractivity contribution in [2.75, 3.05) is 13.1 Å². The number of nitrogens with one attached hydrogen (secondary N) is 1. The minimum Gasteiger partial charge on any atom is -0.333 e. The largest absolute Gasteiger partial charge is 0.333 e. The SMILES string of the molecule is CCCn1cncc1CNC1CCN(C(C)C)CC1. The van der Waals surface area contributed by atoms with Gasteiger partial charge < -0.3 is 14.8 Å². The molecule has 0 aromatic carbocycles. The summed E-state index contributed by atoms with van der Waals surface area (Å²) in [6.45, 7) is 11.3. The molecule has 2 heterocycles. The monoisotopic (exact) mass is 264 g/mol. The van der Waals surface area contributed by atoms with Gasteiger partial charge in [0.15, 0.2) is 0 Å². The van der Waals surface area contributed by atoms with E-state index in [1.807, 2.05) is 12.5 Å². The molecular weight excluding hydrogens is 236 g/mol. The third-order valence-electron chi connectivity index (χ3n) is 4.09. The van der Waals surface area contributed by atoms with Crippen LogP contribution in [0.1, 0.15) is 45.7 Å². The highest BCUT2D eigenvalue weighted by atomic mass is 15.2. The van der Waals surface area contributed by atoms with Gasteiger partial charge in [0, 0.05) is 31.4 Å². The van der Waals surface area contributed by atoms with E-state index in [2.05, 4.69) is 40.5 Å². The molecule has 108 valence electrons. The lowest BCUT2D eigenvalue weighted by Crippen LogP contribution is -2.44. The fourth-order valence-electron chi connectivity index (χ4n) is 2.81. The summed E-state index contributed by atoms with van der Waals surface area (Å²) in [5, 5.41) is 3.69. The van der Waals surface area contributed by atoms with Crippen LogP contribution in [-0.4, -0.2) is 39.6 Å². The molecule has 1 N–H and O–H groups in total. The van der Waals surface area contributed by atoms with Gasteiger partial charge in [0.05, 0.1) is 12.0 Å². The van der Waals surface area contributed by atoms with Crippen LogP contribution in [0.25, 0.3) is 0 Å². The first-order valence-electron chi connectivity index (χ1n) is 7.67. The zero-order chi connectivity index (χ0) is 13.7. The molecule has 0 aliphatic carbocycles. The summed E-state index contributed by atoms with van der Waals surface area (Å²) in [6.07, 6.45) is 7.63. The number of hydrogen-bond donors (Lipinski definition) is 1. The van der Waals surface area contributed by atoms with Crippen molar-refractivity contribution in [1.29, 1.82) is 0 Å². The number of imidazole rings is 1. The summed E-state index contributed by atoms with van der Waals surface area (Å²) in [7, 11) is 0. The van der Waals surface area contributed by atoms with Crippen LogP contribution in [-0.2, 0) is 13.1 Å². The van der Waals surface area contributed by atoms with Crippen LogP contribution >= 0.6 is 0 Å². The van der Waals surface area contributed by atoms with Crippen LogP contribution in [0.15, 0.2) is 12.5 Å².